The Kier molecular flexibility index (Phi) is 7.45. The van der Waals surface area contributed by atoms with Crippen molar-refractivity contribution in [2.24, 2.45) is 0 Å². The summed E-state index contributed by atoms with van der Waals surface area (Å²) in [7, 11) is 0. The smallest absolute Gasteiger partial charge is 0.137 e. The fourth-order valence-electron chi connectivity index (χ4n) is 6.86. The van der Waals surface area contributed by atoms with Gasteiger partial charge in [0.15, 0.2) is 0 Å². The first kappa shape index (κ1) is 29.4. The van der Waals surface area contributed by atoms with E-state index in [0.29, 0.717) is 0 Å². The molecule has 0 fully saturated rings. The highest BCUT2D eigenvalue weighted by molar-refractivity contribution is 5.94. The molecule has 0 radical (unpaired) electrons. The number of rotatable bonds is 7. The molecule has 0 N–H and O–H groups in total. The van der Waals surface area contributed by atoms with Crippen LogP contribution < -0.4 is 4.90 Å². The molecule has 6 aromatic carbocycles. The molecule has 0 bridgehead atoms. The van der Waals surface area contributed by atoms with Crippen molar-refractivity contribution in [1.82, 2.24) is 14.4 Å². The highest BCUT2D eigenvalue weighted by Crippen LogP contribution is 2.39. The number of aromatic nitrogens is 3. The molecule has 0 unspecified atom stereocenters. The van der Waals surface area contributed by atoms with Gasteiger partial charge in [-0.3, -0.25) is 9.38 Å². The van der Waals surface area contributed by atoms with Gasteiger partial charge in [0.25, 0.3) is 0 Å². The largest absolute Gasteiger partial charge is 0.310 e. The van der Waals surface area contributed by atoms with Gasteiger partial charge in [0.2, 0.25) is 0 Å². The zero-order valence-corrected chi connectivity index (χ0v) is 27.3. The molecule has 0 aliphatic heterocycles. The van der Waals surface area contributed by atoms with Gasteiger partial charge in [-0.2, -0.15) is 0 Å². The average molecular weight is 641 g/mol. The van der Waals surface area contributed by atoms with Gasteiger partial charge in [-0.15, -0.1) is 0 Å². The van der Waals surface area contributed by atoms with E-state index in [4.69, 9.17) is 9.97 Å². The van der Waals surface area contributed by atoms with Crippen molar-refractivity contribution in [2.45, 2.75) is 0 Å². The van der Waals surface area contributed by atoms with Crippen LogP contribution in [0.15, 0.2) is 194 Å². The van der Waals surface area contributed by atoms with E-state index in [-0.39, 0.29) is 0 Å². The van der Waals surface area contributed by atoms with Crippen LogP contribution in [0, 0.1) is 0 Å². The first-order valence-corrected chi connectivity index (χ1v) is 16.8. The summed E-state index contributed by atoms with van der Waals surface area (Å²) in [6, 6.07) is 63.9. The Bertz CT molecular complexity index is 2570. The van der Waals surface area contributed by atoms with Crippen molar-refractivity contribution < 1.29 is 0 Å². The van der Waals surface area contributed by atoms with Crippen molar-refractivity contribution in [3.8, 4) is 44.9 Å². The lowest BCUT2D eigenvalue weighted by Crippen LogP contribution is -2.09. The van der Waals surface area contributed by atoms with E-state index in [1.165, 1.54) is 5.39 Å². The van der Waals surface area contributed by atoms with Gasteiger partial charge in [-0.05, 0) is 71.1 Å². The third-order valence-corrected chi connectivity index (χ3v) is 9.26. The molecular formula is C46H32N4. The number of hydrogen-bond donors (Lipinski definition) is 0. The van der Waals surface area contributed by atoms with E-state index >= 15 is 0 Å². The fraction of sp³-hybridized carbons (Fsp3) is 0. The third-order valence-electron chi connectivity index (χ3n) is 9.26. The van der Waals surface area contributed by atoms with Crippen LogP contribution in [0.4, 0.5) is 17.1 Å². The summed E-state index contributed by atoms with van der Waals surface area (Å²) < 4.78 is 2.18. The highest BCUT2D eigenvalue weighted by atomic mass is 15.1. The van der Waals surface area contributed by atoms with Crippen LogP contribution in [-0.4, -0.2) is 14.4 Å². The molecular weight excluding hydrogens is 609 g/mol. The number of anilines is 3. The molecule has 0 spiro atoms. The maximum absolute atomic E-state index is 5.13. The number of fused-ring (bicyclic) bond motifs is 2. The quantitative estimate of drug-likeness (QED) is 0.174. The minimum absolute atomic E-state index is 0.920. The molecule has 4 heteroatoms. The van der Waals surface area contributed by atoms with Crippen LogP contribution in [0.5, 0.6) is 0 Å². The minimum atomic E-state index is 0.920. The maximum atomic E-state index is 5.13. The molecule has 9 aromatic rings. The average Bonchev–Trinajstić information content (AvgIpc) is 3.59. The lowest BCUT2D eigenvalue weighted by Gasteiger charge is -2.26. The van der Waals surface area contributed by atoms with Crippen LogP contribution in [-0.2, 0) is 0 Å². The normalized spacial score (nSPS) is 11.2. The summed E-state index contributed by atoms with van der Waals surface area (Å²) in [6.45, 7) is 0. The zero-order valence-electron chi connectivity index (χ0n) is 27.3. The van der Waals surface area contributed by atoms with E-state index in [0.717, 1.165) is 73.0 Å². The van der Waals surface area contributed by atoms with Crippen molar-refractivity contribution in [1.29, 1.82) is 0 Å². The van der Waals surface area contributed by atoms with Crippen molar-refractivity contribution in [3.63, 3.8) is 0 Å². The van der Waals surface area contributed by atoms with E-state index in [2.05, 4.69) is 191 Å². The molecule has 0 amide bonds. The second-order valence-electron chi connectivity index (χ2n) is 12.3. The standard InChI is InChI=1S/C46H32N4/c1-3-13-37(14-4-1)46-45(48-43-20-9-10-31-49(43)46)38-15-11-18-41(32-38)50(39-16-5-2-6-17-39)40-27-25-34(26-28-40)33-21-23-36(24-22-33)44-42-19-8-7-12-35(42)29-30-47-44/h1-32H. The van der Waals surface area contributed by atoms with Gasteiger partial charge in [0.1, 0.15) is 5.65 Å². The van der Waals surface area contributed by atoms with Gasteiger partial charge in [0.05, 0.1) is 17.1 Å². The molecule has 0 aliphatic rings. The molecule has 0 saturated carbocycles. The Balaban J connectivity index is 1.08. The summed E-state index contributed by atoms with van der Waals surface area (Å²) in [6.07, 6.45) is 3.97. The predicted octanol–water partition coefficient (Wildman–Crippen LogP) is 12.0. The fourth-order valence-corrected chi connectivity index (χ4v) is 6.86. The Morgan fingerprint density at radius 2 is 1.04 bits per heavy atom. The molecule has 9 rings (SSSR count). The first-order valence-electron chi connectivity index (χ1n) is 16.8. The molecule has 0 saturated heterocycles. The Morgan fingerprint density at radius 1 is 0.420 bits per heavy atom. The summed E-state index contributed by atoms with van der Waals surface area (Å²) in [5, 5.41) is 2.36. The number of nitrogens with zero attached hydrogens (tertiary/aromatic N) is 4. The van der Waals surface area contributed by atoms with Crippen LogP contribution in [0.1, 0.15) is 0 Å². The zero-order chi connectivity index (χ0) is 33.3. The van der Waals surface area contributed by atoms with Crippen LogP contribution >= 0.6 is 0 Å². The van der Waals surface area contributed by atoms with Crippen molar-refractivity contribution in [3.05, 3.63) is 194 Å². The Hall–Kier alpha value is -6.78. The van der Waals surface area contributed by atoms with E-state index in [9.17, 15) is 0 Å². The Morgan fingerprint density at radius 3 is 1.84 bits per heavy atom. The SMILES string of the molecule is c1ccc(-c2c(-c3cccc(N(c4ccccc4)c4ccc(-c5ccc(-c6nccc7ccccc67)cc5)cc4)c3)nc3ccccn23)cc1. The molecule has 50 heavy (non-hydrogen) atoms. The minimum Gasteiger partial charge on any atom is -0.310 e. The van der Waals surface area contributed by atoms with Gasteiger partial charge >= 0.3 is 0 Å². The second-order valence-corrected chi connectivity index (χ2v) is 12.3. The summed E-state index contributed by atoms with van der Waals surface area (Å²) in [5.41, 5.74) is 12.8. The second kappa shape index (κ2) is 12.7. The van der Waals surface area contributed by atoms with E-state index in [1.807, 2.05) is 12.3 Å². The molecule has 3 aromatic heterocycles. The predicted molar refractivity (Wildman–Crippen MR) is 207 cm³/mol. The Labute approximate surface area is 291 Å². The van der Waals surface area contributed by atoms with Crippen molar-refractivity contribution >= 4 is 33.5 Å². The van der Waals surface area contributed by atoms with Crippen LogP contribution in [0.3, 0.4) is 0 Å². The number of imidazole rings is 1. The lowest BCUT2D eigenvalue weighted by atomic mass is 9.99. The first-order chi connectivity index (χ1) is 24.8. The number of para-hydroxylation sites is 1. The van der Waals surface area contributed by atoms with Gasteiger partial charge in [-0.1, -0.05) is 127 Å². The van der Waals surface area contributed by atoms with Gasteiger partial charge in [0, 0.05) is 51.5 Å². The summed E-state index contributed by atoms with van der Waals surface area (Å²) in [5.74, 6) is 0. The molecule has 4 nitrogen and oxygen atoms in total. The van der Waals surface area contributed by atoms with Crippen LogP contribution in [0.25, 0.3) is 61.3 Å². The number of hydrogen-bond acceptors (Lipinski definition) is 3. The maximum Gasteiger partial charge on any atom is 0.137 e. The van der Waals surface area contributed by atoms with E-state index < -0.39 is 0 Å². The highest BCUT2D eigenvalue weighted by Gasteiger charge is 2.18. The molecule has 3 heterocycles. The van der Waals surface area contributed by atoms with Gasteiger partial charge in [-0.25, -0.2) is 4.98 Å². The van der Waals surface area contributed by atoms with Gasteiger partial charge < -0.3 is 4.90 Å². The monoisotopic (exact) mass is 640 g/mol. The third kappa shape index (κ3) is 5.39. The topological polar surface area (TPSA) is 33.4 Å². The van der Waals surface area contributed by atoms with E-state index in [1.54, 1.807) is 0 Å². The number of pyridine rings is 2. The van der Waals surface area contributed by atoms with Crippen molar-refractivity contribution in [2.75, 3.05) is 4.90 Å². The number of benzene rings is 6. The molecule has 236 valence electrons. The molecule has 0 aliphatic carbocycles. The van der Waals surface area contributed by atoms with Crippen LogP contribution in [0.2, 0.25) is 0 Å². The summed E-state index contributed by atoms with van der Waals surface area (Å²) >= 11 is 0. The summed E-state index contributed by atoms with van der Waals surface area (Å²) in [4.78, 5) is 12.2. The molecule has 0 atom stereocenters. The lowest BCUT2D eigenvalue weighted by molar-refractivity contribution is 1.19.